The van der Waals surface area contributed by atoms with E-state index in [4.69, 9.17) is 0 Å². The number of aldehydes is 1. The molecule has 3 rings (SSSR count). The molecule has 0 spiro atoms. The Labute approximate surface area is 105 Å². The molecule has 0 aliphatic carbocycles. The minimum absolute atomic E-state index is 0.672. The first-order valence-corrected chi connectivity index (χ1v) is 5.91. The number of hydrogen-bond donors (Lipinski definition) is 0. The van der Waals surface area contributed by atoms with Crippen LogP contribution in [0.5, 0.6) is 0 Å². The maximum atomic E-state index is 11.0. The van der Waals surface area contributed by atoms with E-state index in [2.05, 4.69) is 37.3 Å². The number of benzene rings is 1. The fraction of sp³-hybridized carbons (Fsp3) is 0.0625. The van der Waals surface area contributed by atoms with Gasteiger partial charge in [0.2, 0.25) is 0 Å². The molecule has 0 radical (unpaired) electrons. The number of pyridine rings is 1. The van der Waals surface area contributed by atoms with Crippen LogP contribution in [0.1, 0.15) is 16.1 Å². The van der Waals surface area contributed by atoms with Gasteiger partial charge in [-0.25, -0.2) is 0 Å². The van der Waals surface area contributed by atoms with Crippen molar-refractivity contribution in [3.63, 3.8) is 0 Å². The molecular weight excluding hydrogens is 222 g/mol. The minimum atomic E-state index is 0.672. The lowest BCUT2D eigenvalue weighted by Crippen LogP contribution is -1.91. The smallest absolute Gasteiger partial charge is 0.166 e. The average molecular weight is 235 g/mol. The van der Waals surface area contributed by atoms with Gasteiger partial charge in [0.15, 0.2) is 6.29 Å². The topological polar surface area (TPSA) is 21.5 Å². The second kappa shape index (κ2) is 4.15. The number of hydrogen-bond acceptors (Lipinski definition) is 1. The Morgan fingerprint density at radius 1 is 1.00 bits per heavy atom. The first-order chi connectivity index (χ1) is 8.78. The third-order valence-electron chi connectivity index (χ3n) is 3.17. The molecule has 0 saturated heterocycles. The van der Waals surface area contributed by atoms with Crippen LogP contribution in [-0.2, 0) is 0 Å². The van der Waals surface area contributed by atoms with Crippen LogP contribution in [0.4, 0.5) is 0 Å². The van der Waals surface area contributed by atoms with E-state index in [9.17, 15) is 4.79 Å². The Kier molecular flexibility index (Phi) is 2.49. The van der Waals surface area contributed by atoms with Gasteiger partial charge in [0.25, 0.3) is 0 Å². The van der Waals surface area contributed by atoms with Crippen molar-refractivity contribution >= 4 is 11.8 Å². The van der Waals surface area contributed by atoms with Gasteiger partial charge in [-0.15, -0.1) is 0 Å². The minimum Gasteiger partial charge on any atom is -0.314 e. The molecule has 0 amide bonds. The van der Waals surface area contributed by atoms with E-state index >= 15 is 0 Å². The highest BCUT2D eigenvalue weighted by Crippen LogP contribution is 2.23. The number of aromatic nitrogens is 1. The van der Waals surface area contributed by atoms with Gasteiger partial charge in [-0.1, -0.05) is 35.9 Å². The molecule has 0 bridgehead atoms. The van der Waals surface area contributed by atoms with Gasteiger partial charge in [0.05, 0.1) is 5.69 Å². The standard InChI is InChI=1S/C16H13NO/c1-12-5-7-13(8-6-12)14-9-15-3-2-4-16(11-18)17(15)10-14/h2-11H,1H3. The summed E-state index contributed by atoms with van der Waals surface area (Å²) in [5.74, 6) is 0. The zero-order valence-corrected chi connectivity index (χ0v) is 10.1. The number of fused-ring (bicyclic) bond motifs is 1. The molecule has 2 nitrogen and oxygen atoms in total. The summed E-state index contributed by atoms with van der Waals surface area (Å²) in [4.78, 5) is 11.0. The van der Waals surface area contributed by atoms with E-state index < -0.39 is 0 Å². The normalized spacial score (nSPS) is 10.7. The van der Waals surface area contributed by atoms with Gasteiger partial charge in [-0.3, -0.25) is 4.79 Å². The molecule has 0 N–H and O–H groups in total. The molecule has 0 atom stereocenters. The summed E-state index contributed by atoms with van der Waals surface area (Å²) >= 11 is 0. The summed E-state index contributed by atoms with van der Waals surface area (Å²) < 4.78 is 1.92. The fourth-order valence-electron chi connectivity index (χ4n) is 2.16. The van der Waals surface area contributed by atoms with Crippen LogP contribution in [0, 0.1) is 6.92 Å². The largest absolute Gasteiger partial charge is 0.314 e. The summed E-state index contributed by atoms with van der Waals surface area (Å²) in [5.41, 5.74) is 5.25. The molecule has 0 fully saturated rings. The molecule has 18 heavy (non-hydrogen) atoms. The molecule has 88 valence electrons. The van der Waals surface area contributed by atoms with Crippen LogP contribution in [0.15, 0.2) is 54.7 Å². The SMILES string of the molecule is Cc1ccc(-c2cc3cccc(C=O)n3c2)cc1. The maximum absolute atomic E-state index is 11.0. The summed E-state index contributed by atoms with van der Waals surface area (Å²) in [6.45, 7) is 2.07. The van der Waals surface area contributed by atoms with E-state index in [1.54, 1.807) is 0 Å². The number of nitrogens with zero attached hydrogens (tertiary/aromatic N) is 1. The molecule has 0 saturated carbocycles. The van der Waals surface area contributed by atoms with Crippen LogP contribution < -0.4 is 0 Å². The molecule has 0 aliphatic heterocycles. The number of carbonyl (C=O) groups is 1. The number of rotatable bonds is 2. The summed E-state index contributed by atoms with van der Waals surface area (Å²) in [7, 11) is 0. The summed E-state index contributed by atoms with van der Waals surface area (Å²) in [6, 6.07) is 16.2. The van der Waals surface area contributed by atoms with E-state index in [1.165, 1.54) is 11.1 Å². The van der Waals surface area contributed by atoms with Gasteiger partial charge < -0.3 is 4.40 Å². The average Bonchev–Trinajstić information content (AvgIpc) is 2.83. The third-order valence-corrected chi connectivity index (χ3v) is 3.17. The Bertz CT molecular complexity index is 708. The maximum Gasteiger partial charge on any atom is 0.166 e. The van der Waals surface area contributed by atoms with Crippen LogP contribution in [0.3, 0.4) is 0 Å². The van der Waals surface area contributed by atoms with Crippen molar-refractivity contribution in [3.8, 4) is 11.1 Å². The fourth-order valence-corrected chi connectivity index (χ4v) is 2.16. The lowest BCUT2D eigenvalue weighted by atomic mass is 10.1. The highest BCUT2D eigenvalue weighted by molar-refractivity contribution is 5.78. The van der Waals surface area contributed by atoms with Gasteiger partial charge in [-0.05, 0) is 30.7 Å². The molecule has 2 heteroatoms. The van der Waals surface area contributed by atoms with Gasteiger partial charge in [0.1, 0.15) is 0 Å². The molecule has 2 aromatic heterocycles. The lowest BCUT2D eigenvalue weighted by Gasteiger charge is -1.98. The van der Waals surface area contributed by atoms with Gasteiger partial charge in [-0.2, -0.15) is 0 Å². The second-order valence-electron chi connectivity index (χ2n) is 4.46. The summed E-state index contributed by atoms with van der Waals surface area (Å²) in [6.07, 6.45) is 2.88. The Hall–Kier alpha value is -2.35. The van der Waals surface area contributed by atoms with E-state index in [0.29, 0.717) is 5.69 Å². The first kappa shape index (κ1) is 10.8. The Balaban J connectivity index is 2.19. The predicted molar refractivity (Wildman–Crippen MR) is 73.0 cm³/mol. The number of carbonyl (C=O) groups excluding carboxylic acids is 1. The second-order valence-corrected chi connectivity index (χ2v) is 4.46. The Morgan fingerprint density at radius 3 is 2.50 bits per heavy atom. The highest BCUT2D eigenvalue weighted by Gasteiger charge is 2.04. The monoisotopic (exact) mass is 235 g/mol. The third kappa shape index (κ3) is 1.72. The van der Waals surface area contributed by atoms with Crippen molar-refractivity contribution in [1.29, 1.82) is 0 Å². The van der Waals surface area contributed by atoms with Crippen molar-refractivity contribution in [2.75, 3.05) is 0 Å². The zero-order valence-electron chi connectivity index (χ0n) is 10.1. The summed E-state index contributed by atoms with van der Waals surface area (Å²) in [5, 5.41) is 0. The van der Waals surface area contributed by atoms with Crippen LogP contribution in [-0.4, -0.2) is 10.7 Å². The van der Waals surface area contributed by atoms with Crippen LogP contribution in [0.25, 0.3) is 16.6 Å². The van der Waals surface area contributed by atoms with Crippen LogP contribution >= 0.6 is 0 Å². The molecular formula is C16H13NO. The molecule has 0 aliphatic rings. The predicted octanol–water partition coefficient (Wildman–Crippen LogP) is 3.73. The molecule has 2 heterocycles. The van der Waals surface area contributed by atoms with Gasteiger partial charge >= 0.3 is 0 Å². The quantitative estimate of drug-likeness (QED) is 0.620. The van der Waals surface area contributed by atoms with E-state index in [1.807, 2.05) is 28.8 Å². The Morgan fingerprint density at radius 2 is 1.78 bits per heavy atom. The molecule has 0 unspecified atom stereocenters. The zero-order chi connectivity index (χ0) is 12.5. The first-order valence-electron chi connectivity index (χ1n) is 5.91. The molecule has 3 aromatic rings. The van der Waals surface area contributed by atoms with Crippen LogP contribution in [0.2, 0.25) is 0 Å². The van der Waals surface area contributed by atoms with E-state index in [0.717, 1.165) is 17.4 Å². The highest BCUT2D eigenvalue weighted by atomic mass is 16.1. The van der Waals surface area contributed by atoms with Crippen molar-refractivity contribution in [1.82, 2.24) is 4.40 Å². The van der Waals surface area contributed by atoms with Crippen molar-refractivity contribution in [3.05, 3.63) is 66.0 Å². The van der Waals surface area contributed by atoms with Crippen molar-refractivity contribution in [2.24, 2.45) is 0 Å². The van der Waals surface area contributed by atoms with Crippen molar-refractivity contribution < 1.29 is 4.79 Å². The molecule has 1 aromatic carbocycles. The van der Waals surface area contributed by atoms with Crippen molar-refractivity contribution in [2.45, 2.75) is 6.92 Å². The lowest BCUT2D eigenvalue weighted by molar-refractivity contribution is 0.111. The number of aryl methyl sites for hydroxylation is 1. The van der Waals surface area contributed by atoms with E-state index in [-0.39, 0.29) is 0 Å². The van der Waals surface area contributed by atoms with Gasteiger partial charge in [0, 0.05) is 17.3 Å².